The average molecular weight is 184 g/mol. The molecule has 0 fully saturated rings. The van der Waals surface area contributed by atoms with Gasteiger partial charge >= 0.3 is 0 Å². The summed E-state index contributed by atoms with van der Waals surface area (Å²) < 4.78 is 1.75. The van der Waals surface area contributed by atoms with Crippen molar-refractivity contribution in [2.24, 2.45) is 5.73 Å². The Balaban J connectivity index is 2.73. The van der Waals surface area contributed by atoms with Gasteiger partial charge in [0.1, 0.15) is 12.2 Å². The zero-order valence-corrected chi connectivity index (χ0v) is 8.06. The van der Waals surface area contributed by atoms with Crippen molar-refractivity contribution >= 4 is 0 Å². The third-order valence-corrected chi connectivity index (χ3v) is 1.97. The van der Waals surface area contributed by atoms with E-state index in [1.54, 1.807) is 11.6 Å². The molecule has 5 heteroatoms. The molecule has 0 aliphatic rings. The molecular formula is C8H16N4O. The molecule has 3 N–H and O–H groups in total. The molecule has 0 saturated heterocycles. The van der Waals surface area contributed by atoms with Crippen LogP contribution in [-0.2, 0) is 13.0 Å². The van der Waals surface area contributed by atoms with Gasteiger partial charge in [-0.3, -0.25) is 4.68 Å². The van der Waals surface area contributed by atoms with Gasteiger partial charge in [0.25, 0.3) is 0 Å². The van der Waals surface area contributed by atoms with Gasteiger partial charge in [0.15, 0.2) is 0 Å². The molecule has 0 bridgehead atoms. The second-order valence-electron chi connectivity index (χ2n) is 3.37. The number of aryl methyl sites for hydroxylation is 1. The summed E-state index contributed by atoms with van der Waals surface area (Å²) in [7, 11) is 0. The second-order valence-corrected chi connectivity index (χ2v) is 3.37. The topological polar surface area (TPSA) is 77.0 Å². The van der Waals surface area contributed by atoms with Crippen molar-refractivity contribution in [3.05, 3.63) is 12.2 Å². The van der Waals surface area contributed by atoms with Gasteiger partial charge in [0, 0.05) is 19.5 Å². The lowest BCUT2D eigenvalue weighted by atomic mass is 10.0. The summed E-state index contributed by atoms with van der Waals surface area (Å²) in [6.45, 7) is 4.66. The molecule has 13 heavy (non-hydrogen) atoms. The monoisotopic (exact) mass is 184 g/mol. The van der Waals surface area contributed by atoms with E-state index < -0.39 is 5.60 Å². The van der Waals surface area contributed by atoms with Gasteiger partial charge < -0.3 is 10.8 Å². The lowest BCUT2D eigenvalue weighted by Crippen LogP contribution is -2.37. The van der Waals surface area contributed by atoms with Crippen molar-refractivity contribution in [2.45, 2.75) is 32.4 Å². The molecule has 0 aliphatic carbocycles. The van der Waals surface area contributed by atoms with E-state index in [2.05, 4.69) is 10.1 Å². The van der Waals surface area contributed by atoms with Crippen LogP contribution in [0.3, 0.4) is 0 Å². The molecule has 1 atom stereocenters. The van der Waals surface area contributed by atoms with Gasteiger partial charge in [-0.2, -0.15) is 5.10 Å². The molecule has 1 heterocycles. The first-order valence-electron chi connectivity index (χ1n) is 4.38. The van der Waals surface area contributed by atoms with Crippen LogP contribution in [0.5, 0.6) is 0 Å². The lowest BCUT2D eigenvalue weighted by Gasteiger charge is -2.20. The Hall–Kier alpha value is -0.940. The Labute approximate surface area is 77.6 Å². The average Bonchev–Trinajstić information content (AvgIpc) is 2.51. The molecule has 0 amide bonds. The smallest absolute Gasteiger partial charge is 0.138 e. The van der Waals surface area contributed by atoms with E-state index in [1.807, 2.05) is 6.92 Å². The van der Waals surface area contributed by atoms with Crippen molar-refractivity contribution < 1.29 is 5.11 Å². The minimum atomic E-state index is -0.889. The van der Waals surface area contributed by atoms with E-state index in [-0.39, 0.29) is 6.54 Å². The Morgan fingerprint density at radius 2 is 2.38 bits per heavy atom. The van der Waals surface area contributed by atoms with Crippen LogP contribution in [0, 0.1) is 0 Å². The summed E-state index contributed by atoms with van der Waals surface area (Å²) in [5.74, 6) is 0.776. The molecule has 0 aliphatic heterocycles. The molecule has 0 radical (unpaired) electrons. The highest BCUT2D eigenvalue weighted by Gasteiger charge is 2.21. The molecule has 1 aromatic heterocycles. The number of aliphatic hydroxyl groups is 1. The normalized spacial score (nSPS) is 15.7. The maximum Gasteiger partial charge on any atom is 0.138 e. The summed E-state index contributed by atoms with van der Waals surface area (Å²) in [6, 6.07) is 0. The summed E-state index contributed by atoms with van der Waals surface area (Å²) in [6.07, 6.45) is 1.93. The SMILES string of the molecule is CCn1ncnc1CC(C)(O)CN. The maximum atomic E-state index is 9.71. The fourth-order valence-electron chi connectivity index (χ4n) is 1.10. The van der Waals surface area contributed by atoms with Gasteiger partial charge in [0.2, 0.25) is 0 Å². The molecule has 74 valence electrons. The zero-order chi connectivity index (χ0) is 9.90. The minimum absolute atomic E-state index is 0.226. The second kappa shape index (κ2) is 3.85. The Morgan fingerprint density at radius 1 is 1.69 bits per heavy atom. The van der Waals surface area contributed by atoms with Gasteiger partial charge in [-0.25, -0.2) is 4.98 Å². The summed E-state index contributed by atoms with van der Waals surface area (Å²) in [4.78, 5) is 4.06. The van der Waals surface area contributed by atoms with Crippen LogP contribution in [0.25, 0.3) is 0 Å². The Morgan fingerprint density at radius 3 is 2.92 bits per heavy atom. The zero-order valence-electron chi connectivity index (χ0n) is 8.06. The molecule has 1 unspecified atom stereocenters. The third-order valence-electron chi connectivity index (χ3n) is 1.97. The standard InChI is InChI=1S/C8H16N4O/c1-3-12-7(10-6-11-12)4-8(2,13)5-9/h6,13H,3-5,9H2,1-2H3. The van der Waals surface area contributed by atoms with E-state index in [1.165, 1.54) is 6.33 Å². The predicted octanol–water partition coefficient (Wildman–Crippen LogP) is -0.450. The Bertz CT molecular complexity index is 269. The molecule has 5 nitrogen and oxygen atoms in total. The fourth-order valence-corrected chi connectivity index (χ4v) is 1.10. The summed E-state index contributed by atoms with van der Waals surface area (Å²) in [5, 5.41) is 13.7. The number of nitrogens with two attached hydrogens (primary N) is 1. The minimum Gasteiger partial charge on any atom is -0.388 e. The number of aromatic nitrogens is 3. The van der Waals surface area contributed by atoms with Crippen LogP contribution in [0.1, 0.15) is 19.7 Å². The van der Waals surface area contributed by atoms with Gasteiger partial charge in [0.05, 0.1) is 5.60 Å². The van der Waals surface area contributed by atoms with Crippen LogP contribution in [0.4, 0.5) is 0 Å². The number of nitrogens with zero attached hydrogens (tertiary/aromatic N) is 3. The molecule has 0 saturated carbocycles. The number of rotatable bonds is 4. The van der Waals surface area contributed by atoms with E-state index in [4.69, 9.17) is 5.73 Å². The van der Waals surface area contributed by atoms with Crippen LogP contribution in [-0.4, -0.2) is 32.0 Å². The van der Waals surface area contributed by atoms with Crippen molar-refractivity contribution in [1.29, 1.82) is 0 Å². The van der Waals surface area contributed by atoms with Crippen molar-refractivity contribution in [3.8, 4) is 0 Å². The summed E-state index contributed by atoms with van der Waals surface area (Å²) in [5.41, 5.74) is 4.52. The quantitative estimate of drug-likeness (QED) is 0.664. The fraction of sp³-hybridized carbons (Fsp3) is 0.750. The maximum absolute atomic E-state index is 9.71. The highest BCUT2D eigenvalue weighted by Crippen LogP contribution is 2.08. The first-order valence-corrected chi connectivity index (χ1v) is 4.38. The van der Waals surface area contributed by atoms with E-state index >= 15 is 0 Å². The van der Waals surface area contributed by atoms with E-state index in [9.17, 15) is 5.11 Å². The van der Waals surface area contributed by atoms with E-state index in [0.717, 1.165) is 12.4 Å². The first kappa shape index (κ1) is 10.1. The molecule has 0 aromatic carbocycles. The van der Waals surface area contributed by atoms with Crippen LogP contribution < -0.4 is 5.73 Å². The number of hydrogen-bond donors (Lipinski definition) is 2. The van der Waals surface area contributed by atoms with Crippen LogP contribution >= 0.6 is 0 Å². The van der Waals surface area contributed by atoms with E-state index in [0.29, 0.717) is 6.42 Å². The van der Waals surface area contributed by atoms with Crippen LogP contribution in [0.2, 0.25) is 0 Å². The molecule has 1 rings (SSSR count). The molecule has 0 spiro atoms. The van der Waals surface area contributed by atoms with Gasteiger partial charge in [-0.1, -0.05) is 0 Å². The largest absolute Gasteiger partial charge is 0.388 e. The van der Waals surface area contributed by atoms with Crippen LogP contribution in [0.15, 0.2) is 6.33 Å². The third kappa shape index (κ3) is 2.50. The highest BCUT2D eigenvalue weighted by molar-refractivity contribution is 4.93. The number of hydrogen-bond acceptors (Lipinski definition) is 4. The van der Waals surface area contributed by atoms with Gasteiger partial charge in [-0.15, -0.1) is 0 Å². The van der Waals surface area contributed by atoms with Crippen molar-refractivity contribution in [1.82, 2.24) is 14.8 Å². The molecular weight excluding hydrogens is 168 g/mol. The molecule has 1 aromatic rings. The summed E-state index contributed by atoms with van der Waals surface area (Å²) >= 11 is 0. The Kier molecular flexibility index (Phi) is 3.00. The van der Waals surface area contributed by atoms with Gasteiger partial charge in [-0.05, 0) is 13.8 Å². The first-order chi connectivity index (χ1) is 6.09. The predicted molar refractivity (Wildman–Crippen MR) is 49.1 cm³/mol. The van der Waals surface area contributed by atoms with Crippen molar-refractivity contribution in [2.75, 3.05) is 6.54 Å². The van der Waals surface area contributed by atoms with Crippen molar-refractivity contribution in [3.63, 3.8) is 0 Å². The lowest BCUT2D eigenvalue weighted by molar-refractivity contribution is 0.0663. The highest BCUT2D eigenvalue weighted by atomic mass is 16.3.